The third-order valence-corrected chi connectivity index (χ3v) is 16.5. The standard InChI is InChI=1S/C17H13.C15H8F6.C5H5.2ClH.Zr/c1-3-12-5-7-14-11-15-8-6-13(4-2)10-17(15)16(14)9-12;16-14(17,18)12-5-1-10(2-6-12)9-11-3-7-13(8-4-11)15(19,20)21;1-2-4-5-3-1;;;/h3-11H,1-2H2;1-8H;1-3H,4H2;2*1H;/q;;;;;+2/p-2. The van der Waals surface area contributed by atoms with Crippen molar-refractivity contribution in [1.29, 1.82) is 0 Å². The molecule has 0 saturated heterocycles. The Labute approximate surface area is 283 Å². The van der Waals surface area contributed by atoms with Crippen LogP contribution in [0.1, 0.15) is 54.6 Å². The Morgan fingerprint density at radius 1 is 0.652 bits per heavy atom. The van der Waals surface area contributed by atoms with Gasteiger partial charge in [-0.1, -0.05) is 0 Å². The van der Waals surface area contributed by atoms with Crippen LogP contribution < -0.4 is 24.8 Å². The molecule has 46 heavy (non-hydrogen) atoms. The molecule has 0 radical (unpaired) electrons. The minimum atomic E-state index is -4.51. The molecule has 0 saturated carbocycles. The predicted molar refractivity (Wildman–Crippen MR) is 162 cm³/mol. The van der Waals surface area contributed by atoms with Gasteiger partial charge in [-0.15, -0.1) is 0 Å². The average molecular weight is 747 g/mol. The number of alkyl halides is 6. The van der Waals surface area contributed by atoms with Crippen LogP contribution in [0.5, 0.6) is 0 Å². The maximum absolute atomic E-state index is 13.6. The van der Waals surface area contributed by atoms with E-state index >= 15 is 0 Å². The number of benzene rings is 4. The first-order chi connectivity index (χ1) is 21.0. The van der Waals surface area contributed by atoms with Gasteiger partial charge in [-0.25, -0.2) is 0 Å². The summed E-state index contributed by atoms with van der Waals surface area (Å²) < 4.78 is 83.4. The Morgan fingerprint density at radius 3 is 1.43 bits per heavy atom. The molecule has 4 aromatic carbocycles. The Hall–Kier alpha value is -3.25. The Balaban J connectivity index is 0.00000240. The van der Waals surface area contributed by atoms with Crippen molar-refractivity contribution in [1.82, 2.24) is 0 Å². The topological polar surface area (TPSA) is 0 Å². The van der Waals surface area contributed by atoms with E-state index in [0.29, 0.717) is 17.5 Å². The fourth-order valence-electron chi connectivity index (χ4n) is 6.12. The van der Waals surface area contributed by atoms with Crippen LogP contribution in [0.15, 0.2) is 120 Å². The van der Waals surface area contributed by atoms with E-state index in [9.17, 15) is 26.3 Å². The molecular formula is C37H26Cl2F6Zr. The summed E-state index contributed by atoms with van der Waals surface area (Å²) in [5.41, 5.74) is 5.93. The zero-order valence-electron chi connectivity index (χ0n) is 24.2. The molecule has 0 spiro atoms. The molecule has 0 aliphatic heterocycles. The Kier molecular flexibility index (Phi) is 10.7. The summed E-state index contributed by atoms with van der Waals surface area (Å²) in [7, 11) is 0. The van der Waals surface area contributed by atoms with Gasteiger partial charge in [0.15, 0.2) is 0 Å². The van der Waals surface area contributed by atoms with Gasteiger partial charge in [0.05, 0.1) is 0 Å². The third kappa shape index (κ3) is 6.74. The van der Waals surface area contributed by atoms with Gasteiger partial charge in [0.2, 0.25) is 0 Å². The van der Waals surface area contributed by atoms with Gasteiger partial charge in [0, 0.05) is 0 Å². The second-order valence-electron chi connectivity index (χ2n) is 10.8. The van der Waals surface area contributed by atoms with Crippen molar-refractivity contribution in [2.45, 2.75) is 22.4 Å². The molecule has 0 amide bonds. The van der Waals surface area contributed by atoms with Gasteiger partial charge in [0.25, 0.3) is 0 Å². The second kappa shape index (κ2) is 13.9. The molecule has 2 aliphatic carbocycles. The van der Waals surface area contributed by atoms with Gasteiger partial charge in [-0.3, -0.25) is 0 Å². The zero-order valence-corrected chi connectivity index (χ0v) is 28.2. The minimum Gasteiger partial charge on any atom is -1.00 e. The summed E-state index contributed by atoms with van der Waals surface area (Å²) in [4.78, 5) is 0. The van der Waals surface area contributed by atoms with Crippen LogP contribution in [0.3, 0.4) is 0 Å². The van der Waals surface area contributed by atoms with Crippen LogP contribution in [0.25, 0.3) is 23.3 Å². The van der Waals surface area contributed by atoms with Gasteiger partial charge in [0.1, 0.15) is 0 Å². The summed E-state index contributed by atoms with van der Waals surface area (Å²) >= 11 is -3.29. The van der Waals surface area contributed by atoms with Crippen molar-refractivity contribution in [3.8, 4) is 11.1 Å². The third-order valence-electron chi connectivity index (χ3n) is 8.22. The molecule has 0 aromatic heterocycles. The molecule has 2 aliphatic rings. The maximum Gasteiger partial charge on any atom is -1.00 e. The molecule has 9 heteroatoms. The normalized spacial score (nSPS) is 13.4. The minimum absolute atomic E-state index is 0. The van der Waals surface area contributed by atoms with Crippen LogP contribution in [-0.4, -0.2) is 3.21 Å². The van der Waals surface area contributed by atoms with E-state index < -0.39 is 44.7 Å². The van der Waals surface area contributed by atoms with Gasteiger partial charge >= 0.3 is 261 Å². The maximum atomic E-state index is 13.6. The van der Waals surface area contributed by atoms with Gasteiger partial charge in [-0.05, 0) is 0 Å². The molecule has 4 aromatic rings. The Bertz CT molecular complexity index is 1760. The van der Waals surface area contributed by atoms with E-state index in [1.54, 1.807) is 12.2 Å². The van der Waals surface area contributed by atoms with Crippen LogP contribution >= 0.6 is 0 Å². The molecule has 0 bridgehead atoms. The van der Waals surface area contributed by atoms with E-state index in [-0.39, 0.29) is 28.4 Å². The summed E-state index contributed by atoms with van der Waals surface area (Å²) in [6, 6.07) is 22.6. The van der Waals surface area contributed by atoms with Crippen LogP contribution in [0.4, 0.5) is 26.3 Å². The Morgan fingerprint density at radius 2 is 1.09 bits per heavy atom. The molecule has 0 N–H and O–H groups in total. The summed E-state index contributed by atoms with van der Waals surface area (Å²) in [6.45, 7) is 7.87. The molecule has 234 valence electrons. The quantitative estimate of drug-likeness (QED) is 0.249. The van der Waals surface area contributed by atoms with Crippen LogP contribution in [-0.2, 0) is 33.6 Å². The molecule has 0 fully saturated rings. The number of hydrogen-bond acceptors (Lipinski definition) is 0. The SMILES string of the molecule is C=Cc1ccc2c(c1)-c1cc(C=C)ccc1[CH]2[Zr+2]([C]1=CC=CC1)=[C](c1ccc(C(F)(F)F)cc1)c1ccc(C(F)(F)F)cc1.[Cl-].[Cl-]. The first-order valence-corrected chi connectivity index (χ1v) is 17.9. The van der Waals surface area contributed by atoms with Crippen molar-refractivity contribution >= 4 is 15.4 Å². The first kappa shape index (κ1) is 35.6. The van der Waals surface area contributed by atoms with Crippen molar-refractivity contribution in [3.05, 3.63) is 164 Å². The fraction of sp³-hybridized carbons (Fsp3) is 0.108. The van der Waals surface area contributed by atoms with E-state index in [2.05, 4.69) is 49.6 Å². The van der Waals surface area contributed by atoms with Crippen molar-refractivity contribution in [2.75, 3.05) is 0 Å². The van der Waals surface area contributed by atoms with E-state index in [0.717, 1.165) is 60.9 Å². The van der Waals surface area contributed by atoms with Crippen molar-refractivity contribution in [2.24, 2.45) is 0 Å². The number of allylic oxidation sites excluding steroid dienone is 4. The number of rotatable bonds is 6. The van der Waals surface area contributed by atoms with Gasteiger partial charge < -0.3 is 24.8 Å². The van der Waals surface area contributed by atoms with Crippen LogP contribution in [0, 0.1) is 0 Å². The number of hydrogen-bond donors (Lipinski definition) is 0. The van der Waals surface area contributed by atoms with Crippen molar-refractivity contribution in [3.63, 3.8) is 0 Å². The zero-order chi connectivity index (χ0) is 31.2. The molecular weight excluding hydrogens is 721 g/mol. The summed E-state index contributed by atoms with van der Waals surface area (Å²) in [5.74, 6) is 0. The van der Waals surface area contributed by atoms with E-state index in [4.69, 9.17) is 0 Å². The monoisotopic (exact) mass is 744 g/mol. The molecule has 0 unspecified atom stereocenters. The molecule has 0 nitrogen and oxygen atoms in total. The number of fused-ring (bicyclic) bond motifs is 3. The average Bonchev–Trinajstić information content (AvgIpc) is 3.65. The van der Waals surface area contributed by atoms with Crippen LogP contribution in [0.2, 0.25) is 0 Å². The molecule has 6 rings (SSSR count). The predicted octanol–water partition coefficient (Wildman–Crippen LogP) is 4.82. The van der Waals surface area contributed by atoms with E-state index in [1.807, 2.05) is 18.2 Å². The molecule has 0 heterocycles. The first-order valence-electron chi connectivity index (χ1n) is 14.0. The van der Waals surface area contributed by atoms with E-state index in [1.165, 1.54) is 27.5 Å². The molecule has 0 atom stereocenters. The number of halogens is 8. The fourth-order valence-corrected chi connectivity index (χ4v) is 15.2. The smallest absolute Gasteiger partial charge is 1.00 e. The summed E-state index contributed by atoms with van der Waals surface area (Å²) in [6.07, 6.45) is 1.39. The van der Waals surface area contributed by atoms with Crippen molar-refractivity contribution < 1.29 is 72.4 Å². The van der Waals surface area contributed by atoms with Gasteiger partial charge in [-0.2, -0.15) is 0 Å². The second-order valence-corrected chi connectivity index (χ2v) is 17.1. The summed E-state index contributed by atoms with van der Waals surface area (Å²) in [5, 5.41) is 0. The largest absolute Gasteiger partial charge is 1.00 e.